The molecule has 3 aromatic rings. The Morgan fingerprint density at radius 3 is 2.15 bits per heavy atom. The van der Waals surface area contributed by atoms with E-state index < -0.39 is 6.04 Å². The van der Waals surface area contributed by atoms with E-state index in [4.69, 9.17) is 23.2 Å². The molecule has 1 atom stereocenters. The van der Waals surface area contributed by atoms with Gasteiger partial charge in [-0.05, 0) is 54.8 Å². The van der Waals surface area contributed by atoms with E-state index in [2.05, 4.69) is 5.32 Å². The molecule has 0 heterocycles. The predicted molar refractivity (Wildman–Crippen MR) is 134 cm³/mol. The third-order valence-corrected chi connectivity index (χ3v) is 6.05. The summed E-state index contributed by atoms with van der Waals surface area (Å²) >= 11 is 12.3. The summed E-state index contributed by atoms with van der Waals surface area (Å²) < 4.78 is 13.4. The van der Waals surface area contributed by atoms with Crippen molar-refractivity contribution in [2.24, 2.45) is 0 Å². The van der Waals surface area contributed by atoms with Crippen LogP contribution in [0, 0.1) is 5.82 Å². The van der Waals surface area contributed by atoms with Crippen molar-refractivity contribution in [2.75, 3.05) is 0 Å². The molecular formula is C27H27Cl2FN2O2. The van der Waals surface area contributed by atoms with Crippen molar-refractivity contribution in [3.8, 4) is 0 Å². The van der Waals surface area contributed by atoms with Crippen LogP contribution in [-0.2, 0) is 29.0 Å². The van der Waals surface area contributed by atoms with Crippen molar-refractivity contribution < 1.29 is 14.0 Å². The highest BCUT2D eigenvalue weighted by molar-refractivity contribution is 6.42. The second-order valence-electron chi connectivity index (χ2n) is 8.44. The molecule has 0 aromatic heterocycles. The monoisotopic (exact) mass is 500 g/mol. The number of benzene rings is 3. The standard InChI is InChI=1S/C27H27Cl2FN2O2/c1-18(2)31-27(34)25(15-19-6-4-3-5-7-19)32(17-21-10-13-23(28)24(29)14-21)26(33)16-20-8-11-22(30)12-9-20/h3-14,18,25H,15-17H2,1-2H3,(H,31,34)/t25-/m1/s1. The number of hydrogen-bond acceptors (Lipinski definition) is 2. The number of halogens is 3. The Hall–Kier alpha value is -2.89. The van der Waals surface area contributed by atoms with Crippen molar-refractivity contribution in [3.63, 3.8) is 0 Å². The molecular weight excluding hydrogens is 474 g/mol. The minimum absolute atomic E-state index is 0.0296. The lowest BCUT2D eigenvalue weighted by Gasteiger charge is -2.32. The van der Waals surface area contributed by atoms with Gasteiger partial charge in [0.1, 0.15) is 11.9 Å². The molecule has 0 unspecified atom stereocenters. The molecule has 0 aliphatic heterocycles. The number of nitrogens with one attached hydrogen (secondary N) is 1. The fourth-order valence-electron chi connectivity index (χ4n) is 3.65. The van der Waals surface area contributed by atoms with Crippen LogP contribution < -0.4 is 5.32 Å². The molecule has 0 saturated carbocycles. The number of rotatable bonds is 9. The Morgan fingerprint density at radius 1 is 0.882 bits per heavy atom. The molecule has 7 heteroatoms. The summed E-state index contributed by atoms with van der Waals surface area (Å²) in [5.74, 6) is -0.869. The third-order valence-electron chi connectivity index (χ3n) is 5.31. The van der Waals surface area contributed by atoms with Gasteiger partial charge in [0, 0.05) is 19.0 Å². The number of amides is 2. The first-order valence-corrected chi connectivity index (χ1v) is 11.8. The minimum Gasteiger partial charge on any atom is -0.352 e. The van der Waals surface area contributed by atoms with Crippen molar-refractivity contribution >= 4 is 35.0 Å². The van der Waals surface area contributed by atoms with Gasteiger partial charge in [-0.25, -0.2) is 4.39 Å². The van der Waals surface area contributed by atoms with Crippen LogP contribution in [0.3, 0.4) is 0 Å². The lowest BCUT2D eigenvalue weighted by Crippen LogP contribution is -2.52. The first-order chi connectivity index (χ1) is 16.2. The zero-order valence-corrected chi connectivity index (χ0v) is 20.6. The molecule has 2 amide bonds. The summed E-state index contributed by atoms with van der Waals surface area (Å²) in [6, 6.07) is 19.6. The van der Waals surface area contributed by atoms with Crippen molar-refractivity contribution in [1.82, 2.24) is 10.2 Å². The second-order valence-corrected chi connectivity index (χ2v) is 9.26. The summed E-state index contributed by atoms with van der Waals surface area (Å²) in [5.41, 5.74) is 2.34. The van der Waals surface area contributed by atoms with Crippen LogP contribution in [0.15, 0.2) is 72.8 Å². The van der Waals surface area contributed by atoms with Gasteiger partial charge in [0.05, 0.1) is 16.5 Å². The molecule has 0 saturated heterocycles. The Bertz CT molecular complexity index is 1120. The lowest BCUT2D eigenvalue weighted by atomic mass is 10.0. The largest absolute Gasteiger partial charge is 0.352 e. The topological polar surface area (TPSA) is 49.4 Å². The molecule has 0 aliphatic rings. The first-order valence-electron chi connectivity index (χ1n) is 11.0. The maximum Gasteiger partial charge on any atom is 0.243 e. The second kappa shape index (κ2) is 12.0. The molecule has 3 rings (SSSR count). The van der Waals surface area contributed by atoms with Crippen molar-refractivity contribution in [1.29, 1.82) is 0 Å². The maximum atomic E-state index is 13.6. The van der Waals surface area contributed by atoms with E-state index in [0.717, 1.165) is 11.1 Å². The molecule has 0 bridgehead atoms. The van der Waals surface area contributed by atoms with E-state index in [1.54, 1.807) is 35.2 Å². The molecule has 34 heavy (non-hydrogen) atoms. The molecule has 178 valence electrons. The summed E-state index contributed by atoms with van der Waals surface area (Å²) in [5, 5.41) is 3.73. The Balaban J connectivity index is 1.98. The number of nitrogens with zero attached hydrogens (tertiary/aromatic N) is 1. The van der Waals surface area contributed by atoms with Crippen LogP contribution in [0.2, 0.25) is 10.0 Å². The van der Waals surface area contributed by atoms with E-state index in [1.807, 2.05) is 44.2 Å². The van der Waals surface area contributed by atoms with E-state index in [0.29, 0.717) is 22.0 Å². The molecule has 0 radical (unpaired) electrons. The molecule has 4 nitrogen and oxygen atoms in total. The van der Waals surface area contributed by atoms with Crippen LogP contribution in [0.5, 0.6) is 0 Å². The highest BCUT2D eigenvalue weighted by Crippen LogP contribution is 2.24. The van der Waals surface area contributed by atoms with Crippen LogP contribution in [0.4, 0.5) is 4.39 Å². The van der Waals surface area contributed by atoms with Gasteiger partial charge < -0.3 is 10.2 Å². The summed E-state index contributed by atoms with van der Waals surface area (Å²) in [6.07, 6.45) is 0.373. The molecule has 1 N–H and O–H groups in total. The predicted octanol–water partition coefficient (Wildman–Crippen LogP) is 5.84. The van der Waals surface area contributed by atoms with Crippen LogP contribution >= 0.6 is 23.2 Å². The zero-order valence-electron chi connectivity index (χ0n) is 19.1. The minimum atomic E-state index is -0.757. The Labute approximate surface area is 209 Å². The fourth-order valence-corrected chi connectivity index (χ4v) is 3.97. The normalized spacial score (nSPS) is 11.8. The molecule has 0 spiro atoms. The Kier molecular flexibility index (Phi) is 9.08. The summed E-state index contributed by atoms with van der Waals surface area (Å²) in [4.78, 5) is 28.4. The maximum absolute atomic E-state index is 13.6. The summed E-state index contributed by atoms with van der Waals surface area (Å²) in [7, 11) is 0. The van der Waals surface area contributed by atoms with E-state index in [-0.39, 0.29) is 36.6 Å². The lowest BCUT2D eigenvalue weighted by molar-refractivity contribution is -0.141. The fraction of sp³-hybridized carbons (Fsp3) is 0.259. The average Bonchev–Trinajstić information content (AvgIpc) is 2.80. The van der Waals surface area contributed by atoms with Gasteiger partial charge in [-0.3, -0.25) is 9.59 Å². The van der Waals surface area contributed by atoms with Crippen molar-refractivity contribution in [2.45, 2.75) is 45.3 Å². The van der Waals surface area contributed by atoms with Crippen LogP contribution in [-0.4, -0.2) is 28.8 Å². The Morgan fingerprint density at radius 2 is 1.53 bits per heavy atom. The van der Waals surface area contributed by atoms with E-state index in [9.17, 15) is 14.0 Å². The van der Waals surface area contributed by atoms with Gasteiger partial charge in [0.25, 0.3) is 0 Å². The van der Waals surface area contributed by atoms with Gasteiger partial charge in [-0.15, -0.1) is 0 Å². The average molecular weight is 501 g/mol. The molecule has 0 aliphatic carbocycles. The third kappa shape index (κ3) is 7.31. The summed E-state index contributed by atoms with van der Waals surface area (Å²) in [6.45, 7) is 3.92. The van der Waals surface area contributed by atoms with Crippen molar-refractivity contribution in [3.05, 3.63) is 105 Å². The van der Waals surface area contributed by atoms with Gasteiger partial charge in [0.15, 0.2) is 0 Å². The van der Waals surface area contributed by atoms with Gasteiger partial charge in [-0.1, -0.05) is 71.7 Å². The quantitative estimate of drug-likeness (QED) is 0.401. The van der Waals surface area contributed by atoms with Gasteiger partial charge in [0.2, 0.25) is 11.8 Å². The molecule has 0 fully saturated rings. The van der Waals surface area contributed by atoms with Crippen LogP contribution in [0.25, 0.3) is 0 Å². The SMILES string of the molecule is CC(C)NC(=O)[C@@H](Cc1ccccc1)N(Cc1ccc(Cl)c(Cl)c1)C(=O)Cc1ccc(F)cc1. The van der Waals surface area contributed by atoms with E-state index >= 15 is 0 Å². The zero-order chi connectivity index (χ0) is 24.7. The van der Waals surface area contributed by atoms with Gasteiger partial charge >= 0.3 is 0 Å². The van der Waals surface area contributed by atoms with Crippen LogP contribution in [0.1, 0.15) is 30.5 Å². The van der Waals surface area contributed by atoms with E-state index in [1.165, 1.54) is 12.1 Å². The number of carbonyl (C=O) groups is 2. The highest BCUT2D eigenvalue weighted by atomic mass is 35.5. The van der Waals surface area contributed by atoms with Gasteiger partial charge in [-0.2, -0.15) is 0 Å². The highest BCUT2D eigenvalue weighted by Gasteiger charge is 2.30. The first kappa shape index (κ1) is 25.7. The molecule has 3 aromatic carbocycles. The smallest absolute Gasteiger partial charge is 0.243 e. The number of hydrogen-bond donors (Lipinski definition) is 1. The number of carbonyl (C=O) groups excluding carboxylic acids is 2.